The molecule has 5 heavy (non-hydrogen) atoms. The fourth-order valence-electron chi connectivity index (χ4n) is 0. The van der Waals surface area contributed by atoms with Crippen LogP contribution in [0.2, 0.25) is 0 Å². The van der Waals surface area contributed by atoms with Crippen LogP contribution in [0.5, 0.6) is 0 Å². The molecule has 30 valence electrons. The Morgan fingerprint density at radius 2 is 1.40 bits per heavy atom. The standard InChI is InChI=1S/CH5N3.Mo/c2-1(3)4;/h(H5,2,3,4);. The summed E-state index contributed by atoms with van der Waals surface area (Å²) in [6.45, 7) is 0. The summed E-state index contributed by atoms with van der Waals surface area (Å²) in [5, 5.41) is 6.06. The van der Waals surface area contributed by atoms with Gasteiger partial charge >= 0.3 is 0 Å². The van der Waals surface area contributed by atoms with E-state index in [4.69, 9.17) is 5.41 Å². The van der Waals surface area contributed by atoms with Crippen LogP contribution in [0.4, 0.5) is 0 Å². The maximum absolute atomic E-state index is 6.06. The number of nitrogens with two attached hydrogens (primary N) is 2. The monoisotopic (exact) mass is 157 g/mol. The van der Waals surface area contributed by atoms with E-state index in [0.717, 1.165) is 0 Å². The van der Waals surface area contributed by atoms with Crippen molar-refractivity contribution >= 4 is 5.96 Å². The van der Waals surface area contributed by atoms with E-state index in [1.807, 2.05) is 0 Å². The number of hydrogen-bond donors (Lipinski definition) is 3. The minimum absolute atomic E-state index is 0. The van der Waals surface area contributed by atoms with Crippen LogP contribution < -0.4 is 11.5 Å². The molecule has 0 amide bonds. The molecule has 0 aromatic carbocycles. The average molecular weight is 155 g/mol. The first-order valence-electron chi connectivity index (χ1n) is 0.827. The van der Waals surface area contributed by atoms with Gasteiger partial charge in [0.05, 0.1) is 0 Å². The summed E-state index contributed by atoms with van der Waals surface area (Å²) in [4.78, 5) is 0. The second kappa shape index (κ2) is 3.96. The van der Waals surface area contributed by atoms with Crippen molar-refractivity contribution in [3.05, 3.63) is 0 Å². The van der Waals surface area contributed by atoms with Gasteiger partial charge in [0, 0.05) is 21.1 Å². The molecule has 0 aromatic heterocycles. The predicted molar refractivity (Wildman–Crippen MR) is 16.1 cm³/mol. The summed E-state index contributed by atoms with van der Waals surface area (Å²) in [6.07, 6.45) is 0. The number of rotatable bonds is 0. The van der Waals surface area contributed by atoms with E-state index in [1.54, 1.807) is 0 Å². The zero-order valence-corrected chi connectivity index (χ0v) is 4.57. The Morgan fingerprint density at radius 3 is 1.40 bits per heavy atom. The van der Waals surface area contributed by atoms with Crippen LogP contribution in [0, 0.1) is 5.41 Å². The van der Waals surface area contributed by atoms with Gasteiger partial charge in [-0.3, -0.25) is 5.41 Å². The van der Waals surface area contributed by atoms with Crippen LogP contribution in [0.1, 0.15) is 0 Å². The van der Waals surface area contributed by atoms with E-state index in [1.165, 1.54) is 0 Å². The summed E-state index contributed by atoms with van der Waals surface area (Å²) in [5.74, 6) is -0.333. The van der Waals surface area contributed by atoms with Crippen LogP contribution in [0.3, 0.4) is 0 Å². The Balaban J connectivity index is 0. The van der Waals surface area contributed by atoms with Gasteiger partial charge in [-0.2, -0.15) is 0 Å². The molecular formula is CH5MoN3. The molecule has 0 saturated heterocycles. The van der Waals surface area contributed by atoms with Gasteiger partial charge in [-0.1, -0.05) is 0 Å². The van der Waals surface area contributed by atoms with Crippen molar-refractivity contribution in [2.75, 3.05) is 0 Å². The smallest absolute Gasteiger partial charge is 0.183 e. The fourth-order valence-corrected chi connectivity index (χ4v) is 0. The number of hydrogen-bond acceptors (Lipinski definition) is 1. The third-order valence-electron chi connectivity index (χ3n) is 0. The second-order valence-corrected chi connectivity index (χ2v) is 0.455. The van der Waals surface area contributed by atoms with Gasteiger partial charge in [0.25, 0.3) is 0 Å². The third-order valence-corrected chi connectivity index (χ3v) is 0. The Morgan fingerprint density at radius 1 is 1.40 bits per heavy atom. The van der Waals surface area contributed by atoms with Gasteiger partial charge in [-0.15, -0.1) is 0 Å². The molecule has 0 spiro atoms. The largest absolute Gasteiger partial charge is 0.370 e. The van der Waals surface area contributed by atoms with Crippen LogP contribution in [0.25, 0.3) is 0 Å². The molecular weight excluding hydrogens is 150 g/mol. The van der Waals surface area contributed by atoms with E-state index in [9.17, 15) is 0 Å². The van der Waals surface area contributed by atoms with Crippen molar-refractivity contribution in [3.63, 3.8) is 0 Å². The van der Waals surface area contributed by atoms with Crippen molar-refractivity contribution in [2.45, 2.75) is 0 Å². The third kappa shape index (κ3) is 8730. The summed E-state index contributed by atoms with van der Waals surface area (Å²) >= 11 is 0. The van der Waals surface area contributed by atoms with Gasteiger partial charge in [0.1, 0.15) is 0 Å². The molecule has 0 unspecified atom stereocenters. The average Bonchev–Trinajstić information content (AvgIpc) is 0.811. The quantitative estimate of drug-likeness (QED) is 0.234. The van der Waals surface area contributed by atoms with E-state index in [2.05, 4.69) is 11.5 Å². The zero-order chi connectivity index (χ0) is 3.58. The fraction of sp³-hybridized carbons (Fsp3) is 0. The molecule has 0 saturated carbocycles. The Kier molecular flexibility index (Phi) is 7.03. The molecule has 0 aliphatic carbocycles. The van der Waals surface area contributed by atoms with Crippen LogP contribution in [-0.2, 0) is 21.1 Å². The molecule has 0 fully saturated rings. The molecule has 0 atom stereocenters. The van der Waals surface area contributed by atoms with Crippen LogP contribution >= 0.6 is 0 Å². The molecule has 4 heteroatoms. The molecule has 0 heterocycles. The summed E-state index contributed by atoms with van der Waals surface area (Å²) in [6, 6.07) is 0. The first-order chi connectivity index (χ1) is 1.73. The van der Waals surface area contributed by atoms with Gasteiger partial charge in [0.2, 0.25) is 0 Å². The maximum Gasteiger partial charge on any atom is 0.183 e. The van der Waals surface area contributed by atoms with Crippen LogP contribution in [0.15, 0.2) is 0 Å². The predicted octanol–water partition coefficient (Wildman–Crippen LogP) is -1.16. The first kappa shape index (κ1) is 8.88. The minimum atomic E-state index is -0.333. The SMILES string of the molecule is N=C(N)N.[Mo]. The molecule has 3 nitrogen and oxygen atoms in total. The van der Waals surface area contributed by atoms with Gasteiger partial charge < -0.3 is 11.5 Å². The summed E-state index contributed by atoms with van der Waals surface area (Å²) in [7, 11) is 0. The van der Waals surface area contributed by atoms with Crippen molar-refractivity contribution < 1.29 is 21.1 Å². The Hall–Kier alpha value is -0.0417. The molecule has 0 radical (unpaired) electrons. The van der Waals surface area contributed by atoms with Crippen molar-refractivity contribution in [1.29, 1.82) is 5.41 Å². The van der Waals surface area contributed by atoms with Crippen LogP contribution in [-0.4, -0.2) is 5.96 Å². The minimum Gasteiger partial charge on any atom is -0.370 e. The molecule has 5 N–H and O–H groups in total. The molecule has 0 aliphatic heterocycles. The van der Waals surface area contributed by atoms with E-state index < -0.39 is 0 Å². The molecule has 0 rings (SSSR count). The van der Waals surface area contributed by atoms with Crippen molar-refractivity contribution in [2.24, 2.45) is 11.5 Å². The van der Waals surface area contributed by atoms with Crippen molar-refractivity contribution in [3.8, 4) is 0 Å². The zero-order valence-electron chi connectivity index (χ0n) is 2.56. The number of guanidine groups is 1. The van der Waals surface area contributed by atoms with Gasteiger partial charge in [0.15, 0.2) is 5.96 Å². The summed E-state index contributed by atoms with van der Waals surface area (Å²) in [5.41, 5.74) is 8.94. The van der Waals surface area contributed by atoms with Crippen molar-refractivity contribution in [1.82, 2.24) is 0 Å². The first-order valence-corrected chi connectivity index (χ1v) is 0.827. The normalized spacial score (nSPS) is 4.80. The maximum atomic E-state index is 6.06. The van der Waals surface area contributed by atoms with E-state index in [-0.39, 0.29) is 27.0 Å². The molecule has 0 aliphatic rings. The van der Waals surface area contributed by atoms with Gasteiger partial charge in [-0.25, -0.2) is 0 Å². The Labute approximate surface area is 44.5 Å². The van der Waals surface area contributed by atoms with E-state index >= 15 is 0 Å². The van der Waals surface area contributed by atoms with Gasteiger partial charge in [-0.05, 0) is 0 Å². The topological polar surface area (TPSA) is 75.9 Å². The summed E-state index contributed by atoms with van der Waals surface area (Å²) < 4.78 is 0. The molecule has 0 aromatic rings. The van der Waals surface area contributed by atoms with E-state index in [0.29, 0.717) is 0 Å². The molecule has 0 bridgehead atoms. The number of nitrogens with one attached hydrogen (secondary N) is 1. The second-order valence-electron chi connectivity index (χ2n) is 0.455. The Bertz CT molecular complexity index is 29.9.